The van der Waals surface area contributed by atoms with Gasteiger partial charge in [-0.1, -0.05) is 20.3 Å². The minimum Gasteiger partial charge on any atom is -1.00 e. The van der Waals surface area contributed by atoms with Crippen LogP contribution in [-0.2, 0) is 26.2 Å². The molecule has 0 fully saturated rings. The van der Waals surface area contributed by atoms with Crippen LogP contribution in [0.2, 0.25) is 0 Å². The second kappa shape index (κ2) is 19.2. The normalized spacial score (nSPS) is 12.8. The molecule has 0 atom stereocenters. The molecule has 2 aliphatic carbocycles. The van der Waals surface area contributed by atoms with Gasteiger partial charge < -0.3 is 19.0 Å². The topological polar surface area (TPSA) is 0 Å². The zero-order valence-corrected chi connectivity index (χ0v) is 14.4. The average Bonchev–Trinajstić information content (AvgIpc) is 2.98. The molecule has 0 radical (unpaired) electrons. The summed E-state index contributed by atoms with van der Waals surface area (Å²) in [6, 6.07) is 0. The standard InChI is InChI=1S/C6H11.2C5H5.ClH.Zr/c1-4-5-6(2)3;2*1-2-4-5-3-1;;/h1,4,6H,5H2,2-3H3;2*1-3H,4H2;1H;/q3*-1;;+4/p-1. The Balaban J connectivity index is -0.000000178. The van der Waals surface area contributed by atoms with Crippen LogP contribution in [0.3, 0.4) is 0 Å². The van der Waals surface area contributed by atoms with Crippen molar-refractivity contribution in [2.45, 2.75) is 33.1 Å². The molecule has 0 aromatic heterocycles. The molecule has 0 aliphatic heterocycles. The van der Waals surface area contributed by atoms with Crippen LogP contribution in [0.25, 0.3) is 0 Å². The van der Waals surface area contributed by atoms with Crippen LogP contribution in [0.5, 0.6) is 0 Å². The summed E-state index contributed by atoms with van der Waals surface area (Å²) in [5.74, 6) is 0.718. The summed E-state index contributed by atoms with van der Waals surface area (Å²) in [7, 11) is 0. The van der Waals surface area contributed by atoms with E-state index in [1.807, 2.05) is 24.3 Å². The first-order valence-electron chi connectivity index (χ1n) is 5.74. The van der Waals surface area contributed by atoms with Crippen molar-refractivity contribution in [3.05, 3.63) is 61.3 Å². The molecule has 0 spiro atoms. The van der Waals surface area contributed by atoms with E-state index in [4.69, 9.17) is 6.58 Å². The van der Waals surface area contributed by atoms with Gasteiger partial charge in [0.1, 0.15) is 0 Å². The third kappa shape index (κ3) is 21.2. The van der Waals surface area contributed by atoms with Crippen molar-refractivity contribution in [1.82, 2.24) is 0 Å². The van der Waals surface area contributed by atoms with Gasteiger partial charge in [0, 0.05) is 0 Å². The molecule has 0 heterocycles. The quantitative estimate of drug-likeness (QED) is 0.671. The summed E-state index contributed by atoms with van der Waals surface area (Å²) in [5, 5.41) is 0. The molecule has 0 N–H and O–H groups in total. The number of halogens is 1. The van der Waals surface area contributed by atoms with Crippen LogP contribution in [-0.4, -0.2) is 0 Å². The zero-order valence-electron chi connectivity index (χ0n) is 11.2. The molecule has 0 saturated carbocycles. The second-order valence-corrected chi connectivity index (χ2v) is 3.87. The minimum absolute atomic E-state index is 0. The van der Waals surface area contributed by atoms with E-state index < -0.39 is 0 Å². The maximum atomic E-state index is 5.10. The van der Waals surface area contributed by atoms with Crippen molar-refractivity contribution in [2.24, 2.45) is 5.92 Å². The van der Waals surface area contributed by atoms with Crippen molar-refractivity contribution < 1.29 is 38.6 Å². The molecule has 0 bridgehead atoms. The van der Waals surface area contributed by atoms with Crippen molar-refractivity contribution in [3.8, 4) is 0 Å². The third-order valence-electron chi connectivity index (χ3n) is 1.78. The molecule has 0 aromatic rings. The molecule has 0 amide bonds. The van der Waals surface area contributed by atoms with Gasteiger partial charge in [0.25, 0.3) is 0 Å². The Kier molecular flexibility index (Phi) is 24.6. The van der Waals surface area contributed by atoms with E-state index in [9.17, 15) is 0 Å². The van der Waals surface area contributed by atoms with Gasteiger partial charge in [0.05, 0.1) is 0 Å². The number of hydrogen-bond acceptors (Lipinski definition) is 0. The maximum absolute atomic E-state index is 5.10. The maximum Gasteiger partial charge on any atom is 4.00 e. The first kappa shape index (κ1) is 23.0. The van der Waals surface area contributed by atoms with E-state index in [1.54, 1.807) is 6.08 Å². The summed E-state index contributed by atoms with van der Waals surface area (Å²) in [4.78, 5) is 0. The largest absolute Gasteiger partial charge is 4.00 e. The van der Waals surface area contributed by atoms with Crippen LogP contribution in [0, 0.1) is 24.6 Å². The Hall–Kier alpha value is -0.127. The van der Waals surface area contributed by atoms with Crippen molar-refractivity contribution in [3.63, 3.8) is 0 Å². The third-order valence-corrected chi connectivity index (χ3v) is 1.78. The average molecular weight is 340 g/mol. The van der Waals surface area contributed by atoms with Gasteiger partial charge in [0.2, 0.25) is 0 Å². The molecular formula is C16H21ClZr. The van der Waals surface area contributed by atoms with Crippen LogP contribution in [0.1, 0.15) is 33.1 Å². The van der Waals surface area contributed by atoms with Crippen LogP contribution in [0.15, 0.2) is 42.5 Å². The van der Waals surface area contributed by atoms with Gasteiger partial charge in [-0.3, -0.25) is 18.2 Å². The molecular weight excluding hydrogens is 319 g/mol. The molecule has 0 nitrogen and oxygen atoms in total. The van der Waals surface area contributed by atoms with E-state index >= 15 is 0 Å². The molecule has 2 aliphatic rings. The zero-order chi connectivity index (χ0) is 12.1. The van der Waals surface area contributed by atoms with E-state index in [0.717, 1.165) is 25.2 Å². The fourth-order valence-electron chi connectivity index (χ4n) is 0.953. The SMILES string of the molecule is [C-]1=CC=CC1.[C-]1=CC=CC1.[CH-]=CCC(C)C.[Cl-].[Zr+4]. The Bertz CT molecular complexity index is 231. The fourth-order valence-corrected chi connectivity index (χ4v) is 0.953. The van der Waals surface area contributed by atoms with Crippen LogP contribution >= 0.6 is 0 Å². The van der Waals surface area contributed by atoms with E-state index in [2.05, 4.69) is 38.2 Å². The van der Waals surface area contributed by atoms with Gasteiger partial charge >= 0.3 is 26.2 Å². The Labute approximate surface area is 138 Å². The molecule has 0 aromatic carbocycles. The molecule has 2 heteroatoms. The predicted molar refractivity (Wildman–Crippen MR) is 71.5 cm³/mol. The first-order chi connectivity index (χ1) is 7.77. The van der Waals surface area contributed by atoms with E-state index in [0.29, 0.717) is 0 Å². The Morgan fingerprint density at radius 1 is 1.11 bits per heavy atom. The molecule has 0 unspecified atom stereocenters. The predicted octanol–water partition coefficient (Wildman–Crippen LogP) is 1.63. The van der Waals surface area contributed by atoms with Gasteiger partial charge in [0.15, 0.2) is 0 Å². The van der Waals surface area contributed by atoms with Crippen LogP contribution in [0.4, 0.5) is 0 Å². The number of allylic oxidation sites excluding steroid dienone is 9. The summed E-state index contributed by atoms with van der Waals surface area (Å²) in [6.07, 6.45) is 22.7. The van der Waals surface area contributed by atoms with Gasteiger partial charge in [-0.05, 0) is 5.92 Å². The first-order valence-corrected chi connectivity index (χ1v) is 5.74. The van der Waals surface area contributed by atoms with Crippen molar-refractivity contribution in [2.75, 3.05) is 0 Å². The van der Waals surface area contributed by atoms with Gasteiger partial charge in [-0.2, -0.15) is 12.2 Å². The summed E-state index contributed by atoms with van der Waals surface area (Å²) in [5.41, 5.74) is 0. The molecule has 2 rings (SSSR count). The smallest absolute Gasteiger partial charge is 1.00 e. The van der Waals surface area contributed by atoms with E-state index in [1.165, 1.54) is 0 Å². The fraction of sp³-hybridized carbons (Fsp3) is 0.375. The van der Waals surface area contributed by atoms with E-state index in [-0.39, 0.29) is 38.6 Å². The van der Waals surface area contributed by atoms with Crippen molar-refractivity contribution in [1.29, 1.82) is 0 Å². The van der Waals surface area contributed by atoms with Gasteiger partial charge in [-0.15, -0.1) is 12.8 Å². The summed E-state index contributed by atoms with van der Waals surface area (Å²) >= 11 is 0. The number of rotatable bonds is 2. The Morgan fingerprint density at radius 3 is 1.61 bits per heavy atom. The molecule has 96 valence electrons. The summed E-state index contributed by atoms with van der Waals surface area (Å²) in [6.45, 7) is 9.39. The number of hydrogen-bond donors (Lipinski definition) is 0. The Morgan fingerprint density at radius 2 is 1.56 bits per heavy atom. The van der Waals surface area contributed by atoms with Crippen molar-refractivity contribution >= 4 is 0 Å². The van der Waals surface area contributed by atoms with Crippen LogP contribution < -0.4 is 12.4 Å². The molecule has 0 saturated heterocycles. The van der Waals surface area contributed by atoms with Gasteiger partial charge in [-0.25, -0.2) is 24.3 Å². The second-order valence-electron chi connectivity index (χ2n) is 3.87. The molecule has 18 heavy (non-hydrogen) atoms. The summed E-state index contributed by atoms with van der Waals surface area (Å²) < 4.78 is 0. The minimum atomic E-state index is 0. The monoisotopic (exact) mass is 338 g/mol.